The Bertz CT molecular complexity index is 407. The van der Waals surface area contributed by atoms with Crippen LogP contribution >= 0.6 is 0 Å². The Balaban J connectivity index is 1.44. The van der Waals surface area contributed by atoms with Crippen LogP contribution in [0.5, 0.6) is 0 Å². The van der Waals surface area contributed by atoms with E-state index in [1.54, 1.807) is 0 Å². The van der Waals surface area contributed by atoms with Gasteiger partial charge in [0.1, 0.15) is 5.60 Å². The first-order valence-corrected chi connectivity index (χ1v) is 8.79. The number of carbonyl (C=O) groups excluding carboxylic acids is 1. The van der Waals surface area contributed by atoms with Crippen molar-refractivity contribution in [2.24, 2.45) is 5.92 Å². The van der Waals surface area contributed by atoms with Gasteiger partial charge in [-0.15, -0.1) is 0 Å². The average Bonchev–Trinajstić information content (AvgIpc) is 3.10. The predicted octanol–water partition coefficient (Wildman–Crippen LogP) is 2.59. The lowest BCUT2D eigenvalue weighted by molar-refractivity contribution is 0.0515. The number of alkyl carbamates (subject to hydrolysis) is 1. The molecule has 0 spiro atoms. The highest BCUT2D eigenvalue weighted by Crippen LogP contribution is 2.36. The number of carbonyl (C=O) groups is 1. The maximum atomic E-state index is 11.8. The van der Waals surface area contributed by atoms with Gasteiger partial charge in [0.2, 0.25) is 0 Å². The molecule has 1 aliphatic carbocycles. The molecule has 5 atom stereocenters. The molecule has 3 fully saturated rings. The standard InChI is InChI=1S/C17H30N2O3/c1-17(2,3)22-16(20)18-10-11-5-4-6-13(11)19-14-9-12-7-8-15(14)21-12/h11-15,19H,4-10H2,1-3H3,(H,18,20). The molecule has 2 N–H and O–H groups in total. The van der Waals surface area contributed by atoms with E-state index in [2.05, 4.69) is 10.6 Å². The molecule has 0 aromatic rings. The summed E-state index contributed by atoms with van der Waals surface area (Å²) in [5.74, 6) is 0.506. The van der Waals surface area contributed by atoms with Crippen molar-refractivity contribution < 1.29 is 14.3 Å². The molecule has 1 amide bonds. The van der Waals surface area contributed by atoms with Crippen LogP contribution in [0.1, 0.15) is 59.3 Å². The number of hydrogen-bond donors (Lipinski definition) is 2. The third-order valence-corrected chi connectivity index (χ3v) is 5.10. The summed E-state index contributed by atoms with van der Waals surface area (Å²) in [7, 11) is 0. The van der Waals surface area contributed by atoms with Gasteiger partial charge >= 0.3 is 6.09 Å². The van der Waals surface area contributed by atoms with Gasteiger partial charge in [-0.25, -0.2) is 4.79 Å². The molecule has 1 saturated carbocycles. The third-order valence-electron chi connectivity index (χ3n) is 5.10. The minimum atomic E-state index is -0.433. The van der Waals surface area contributed by atoms with E-state index >= 15 is 0 Å². The van der Waals surface area contributed by atoms with Crippen LogP contribution < -0.4 is 10.6 Å². The predicted molar refractivity (Wildman–Crippen MR) is 84.8 cm³/mol. The Morgan fingerprint density at radius 1 is 1.18 bits per heavy atom. The van der Waals surface area contributed by atoms with Gasteiger partial charge in [-0.3, -0.25) is 0 Å². The summed E-state index contributed by atoms with van der Waals surface area (Å²) in [5, 5.41) is 6.75. The highest BCUT2D eigenvalue weighted by atomic mass is 16.6. The van der Waals surface area contributed by atoms with Crippen molar-refractivity contribution in [3.05, 3.63) is 0 Å². The second-order valence-electron chi connectivity index (χ2n) is 8.06. The lowest BCUT2D eigenvalue weighted by atomic mass is 9.93. The quantitative estimate of drug-likeness (QED) is 0.838. The van der Waals surface area contributed by atoms with Crippen molar-refractivity contribution in [2.45, 2.75) is 89.2 Å². The zero-order valence-corrected chi connectivity index (χ0v) is 14.1. The molecule has 2 saturated heterocycles. The molecule has 5 nitrogen and oxygen atoms in total. The smallest absolute Gasteiger partial charge is 0.407 e. The molecule has 0 aromatic heterocycles. The summed E-state index contributed by atoms with van der Waals surface area (Å²) in [6.45, 7) is 6.37. The maximum Gasteiger partial charge on any atom is 0.407 e. The lowest BCUT2D eigenvalue weighted by Gasteiger charge is -2.28. The molecule has 22 heavy (non-hydrogen) atoms. The summed E-state index contributed by atoms with van der Waals surface area (Å²) in [6, 6.07) is 1.02. The van der Waals surface area contributed by atoms with E-state index < -0.39 is 5.60 Å². The highest BCUT2D eigenvalue weighted by molar-refractivity contribution is 5.67. The summed E-state index contributed by atoms with van der Waals surface area (Å²) in [5.41, 5.74) is -0.433. The molecule has 0 aromatic carbocycles. The van der Waals surface area contributed by atoms with Gasteiger partial charge in [0, 0.05) is 18.6 Å². The molecule has 3 rings (SSSR count). The van der Waals surface area contributed by atoms with Crippen molar-refractivity contribution in [1.82, 2.24) is 10.6 Å². The number of fused-ring (bicyclic) bond motifs is 2. The Kier molecular flexibility index (Phi) is 4.64. The molecule has 5 heteroatoms. The van der Waals surface area contributed by atoms with Gasteiger partial charge in [0.15, 0.2) is 0 Å². The first-order valence-electron chi connectivity index (χ1n) is 8.79. The van der Waals surface area contributed by atoms with Gasteiger partial charge in [0.25, 0.3) is 0 Å². The Morgan fingerprint density at radius 2 is 2.00 bits per heavy atom. The molecule has 2 bridgehead atoms. The van der Waals surface area contributed by atoms with Crippen LogP contribution in [0.2, 0.25) is 0 Å². The Labute approximate surface area is 133 Å². The van der Waals surface area contributed by atoms with Crippen molar-refractivity contribution in [3.63, 3.8) is 0 Å². The third kappa shape index (κ3) is 3.93. The zero-order chi connectivity index (χ0) is 15.7. The number of rotatable bonds is 4. The van der Waals surface area contributed by atoms with Crippen molar-refractivity contribution in [2.75, 3.05) is 6.54 Å². The van der Waals surface area contributed by atoms with E-state index in [1.807, 2.05) is 20.8 Å². The van der Waals surface area contributed by atoms with E-state index in [-0.39, 0.29) is 6.09 Å². The molecule has 2 heterocycles. The molecule has 3 aliphatic rings. The van der Waals surface area contributed by atoms with E-state index in [0.717, 1.165) is 6.42 Å². The van der Waals surface area contributed by atoms with E-state index in [4.69, 9.17) is 9.47 Å². The van der Waals surface area contributed by atoms with Gasteiger partial charge < -0.3 is 20.1 Å². The minimum Gasteiger partial charge on any atom is -0.444 e. The topological polar surface area (TPSA) is 59.6 Å². The molecule has 5 unspecified atom stereocenters. The number of hydrogen-bond acceptors (Lipinski definition) is 4. The van der Waals surface area contributed by atoms with Crippen LogP contribution in [0.4, 0.5) is 4.79 Å². The van der Waals surface area contributed by atoms with Crippen LogP contribution in [0, 0.1) is 5.92 Å². The van der Waals surface area contributed by atoms with Crippen LogP contribution in [0.25, 0.3) is 0 Å². The van der Waals surface area contributed by atoms with E-state index in [9.17, 15) is 4.79 Å². The van der Waals surface area contributed by atoms with Gasteiger partial charge in [0.05, 0.1) is 12.2 Å². The van der Waals surface area contributed by atoms with E-state index in [1.165, 1.54) is 32.1 Å². The second-order valence-corrected chi connectivity index (χ2v) is 8.06. The molecule has 2 aliphatic heterocycles. The Hall–Kier alpha value is -0.810. The molecule has 0 radical (unpaired) electrons. The number of nitrogens with one attached hydrogen (secondary N) is 2. The average molecular weight is 310 g/mol. The fourth-order valence-corrected chi connectivity index (χ4v) is 4.12. The second kappa shape index (κ2) is 6.36. The van der Waals surface area contributed by atoms with Crippen molar-refractivity contribution in [1.29, 1.82) is 0 Å². The molecular formula is C17H30N2O3. The summed E-state index contributed by atoms with van der Waals surface area (Å²) in [4.78, 5) is 11.8. The number of amides is 1. The first-order chi connectivity index (χ1) is 10.4. The fourth-order valence-electron chi connectivity index (χ4n) is 4.12. The van der Waals surface area contributed by atoms with E-state index in [0.29, 0.717) is 36.8 Å². The monoisotopic (exact) mass is 310 g/mol. The van der Waals surface area contributed by atoms with Crippen LogP contribution in [0.15, 0.2) is 0 Å². The van der Waals surface area contributed by atoms with Crippen LogP contribution in [0.3, 0.4) is 0 Å². The van der Waals surface area contributed by atoms with Crippen LogP contribution in [-0.2, 0) is 9.47 Å². The zero-order valence-electron chi connectivity index (χ0n) is 14.1. The van der Waals surface area contributed by atoms with Crippen LogP contribution in [-0.4, -0.2) is 42.5 Å². The summed E-state index contributed by atoms with van der Waals surface area (Å²) >= 11 is 0. The van der Waals surface area contributed by atoms with Gasteiger partial charge in [-0.1, -0.05) is 6.42 Å². The Morgan fingerprint density at radius 3 is 2.64 bits per heavy atom. The largest absolute Gasteiger partial charge is 0.444 e. The minimum absolute atomic E-state index is 0.304. The molecule has 126 valence electrons. The highest BCUT2D eigenvalue weighted by Gasteiger charge is 2.42. The first kappa shape index (κ1) is 16.1. The van der Waals surface area contributed by atoms with Crippen molar-refractivity contribution >= 4 is 6.09 Å². The maximum absolute atomic E-state index is 11.8. The normalized spacial score (nSPS) is 37.5. The van der Waals surface area contributed by atoms with Gasteiger partial charge in [-0.2, -0.15) is 0 Å². The SMILES string of the molecule is CC(C)(C)OC(=O)NCC1CCCC1NC1CC2CCC1O2. The van der Waals surface area contributed by atoms with Crippen molar-refractivity contribution in [3.8, 4) is 0 Å². The summed E-state index contributed by atoms with van der Waals surface area (Å²) < 4.78 is 11.2. The number of ether oxygens (including phenoxy) is 2. The molecular weight excluding hydrogens is 280 g/mol. The fraction of sp³-hybridized carbons (Fsp3) is 0.941. The lowest BCUT2D eigenvalue weighted by Crippen LogP contribution is -2.47. The summed E-state index contributed by atoms with van der Waals surface area (Å²) in [6.07, 6.45) is 7.82. The van der Waals surface area contributed by atoms with Gasteiger partial charge in [-0.05, 0) is 58.8 Å².